The Bertz CT molecular complexity index is 513. The van der Waals surface area contributed by atoms with E-state index in [4.69, 9.17) is 18.9 Å². The average molecular weight is 322 g/mol. The van der Waals surface area contributed by atoms with Crippen LogP contribution in [0.5, 0.6) is 5.75 Å². The smallest absolute Gasteiger partial charge is 0.163 e. The van der Waals surface area contributed by atoms with E-state index in [-0.39, 0.29) is 30.8 Å². The molecule has 1 saturated heterocycles. The highest BCUT2D eigenvalue weighted by molar-refractivity contribution is 5.26. The zero-order valence-electron chi connectivity index (χ0n) is 14.0. The van der Waals surface area contributed by atoms with Crippen molar-refractivity contribution in [2.45, 2.75) is 57.4 Å². The second-order valence-electron chi connectivity index (χ2n) is 6.77. The Morgan fingerprint density at radius 1 is 1.17 bits per heavy atom. The van der Waals surface area contributed by atoms with Gasteiger partial charge in [0.05, 0.1) is 25.9 Å². The van der Waals surface area contributed by atoms with Gasteiger partial charge in [0, 0.05) is 6.61 Å². The van der Waals surface area contributed by atoms with Crippen LogP contribution in [-0.2, 0) is 20.8 Å². The van der Waals surface area contributed by atoms with Crippen LogP contribution in [0.3, 0.4) is 0 Å². The predicted octanol–water partition coefficient (Wildman–Crippen LogP) is 2.50. The molecule has 1 aromatic carbocycles. The molecule has 5 heteroatoms. The fraction of sp³-hybridized carbons (Fsp3) is 0.667. The third-order valence-electron chi connectivity index (χ3n) is 4.65. The van der Waals surface area contributed by atoms with Crippen molar-refractivity contribution in [3.8, 4) is 5.75 Å². The summed E-state index contributed by atoms with van der Waals surface area (Å²) in [5.41, 5.74) is 1.10. The van der Waals surface area contributed by atoms with Crippen LogP contribution in [-0.4, -0.2) is 42.9 Å². The molecule has 0 amide bonds. The van der Waals surface area contributed by atoms with E-state index in [1.165, 1.54) is 0 Å². The molecular formula is C18H26O5. The molecule has 23 heavy (non-hydrogen) atoms. The van der Waals surface area contributed by atoms with Crippen LogP contribution in [0, 0.1) is 5.92 Å². The van der Waals surface area contributed by atoms with Gasteiger partial charge in [-0.15, -0.1) is 0 Å². The lowest BCUT2D eigenvalue weighted by atomic mass is 10.0. The first-order chi connectivity index (χ1) is 11.0. The molecule has 1 aliphatic carbocycles. The molecule has 2 fully saturated rings. The minimum Gasteiger partial charge on any atom is -0.497 e. The molecule has 1 saturated carbocycles. The lowest BCUT2D eigenvalue weighted by Crippen LogP contribution is -2.30. The van der Waals surface area contributed by atoms with Gasteiger partial charge in [-0.2, -0.15) is 0 Å². The fourth-order valence-corrected chi connectivity index (χ4v) is 3.57. The molecule has 1 aliphatic heterocycles. The van der Waals surface area contributed by atoms with Gasteiger partial charge in [-0.25, -0.2) is 0 Å². The maximum Gasteiger partial charge on any atom is 0.163 e. The van der Waals surface area contributed by atoms with Crippen molar-refractivity contribution in [3.05, 3.63) is 29.8 Å². The van der Waals surface area contributed by atoms with Gasteiger partial charge >= 0.3 is 0 Å². The number of fused-ring (bicyclic) bond motifs is 1. The molecule has 5 nitrogen and oxygen atoms in total. The summed E-state index contributed by atoms with van der Waals surface area (Å²) in [7, 11) is 1.66. The van der Waals surface area contributed by atoms with E-state index < -0.39 is 5.79 Å². The number of rotatable bonds is 6. The lowest BCUT2D eigenvalue weighted by molar-refractivity contribution is -0.172. The van der Waals surface area contributed by atoms with Crippen molar-refractivity contribution in [3.63, 3.8) is 0 Å². The second kappa shape index (κ2) is 6.77. The van der Waals surface area contributed by atoms with E-state index in [0.29, 0.717) is 6.61 Å². The number of methoxy groups -OCH3 is 1. The molecule has 128 valence electrons. The molecule has 0 radical (unpaired) electrons. The van der Waals surface area contributed by atoms with E-state index in [1.807, 2.05) is 38.1 Å². The summed E-state index contributed by atoms with van der Waals surface area (Å²) in [6.07, 6.45) is 1.55. The number of hydrogen-bond donors (Lipinski definition) is 1. The normalized spacial score (nSPS) is 32.0. The predicted molar refractivity (Wildman–Crippen MR) is 85.2 cm³/mol. The van der Waals surface area contributed by atoms with Crippen molar-refractivity contribution < 1.29 is 24.1 Å². The van der Waals surface area contributed by atoms with Crippen LogP contribution in [0.2, 0.25) is 0 Å². The van der Waals surface area contributed by atoms with Gasteiger partial charge in [0.15, 0.2) is 5.79 Å². The summed E-state index contributed by atoms with van der Waals surface area (Å²) in [4.78, 5) is 0. The summed E-state index contributed by atoms with van der Waals surface area (Å²) in [6.45, 7) is 4.57. The molecule has 1 aromatic rings. The zero-order valence-corrected chi connectivity index (χ0v) is 14.0. The standard InChI is InChI=1S/C18H26O5/c1-18(2)22-16-13(8-9-19)10-15(17(16)23-18)21-11-12-4-6-14(20-3)7-5-12/h4-7,13,15-17,19H,8-11H2,1-3H3/t13-,15-,16+,17-/m0/s1. The summed E-state index contributed by atoms with van der Waals surface area (Å²) >= 11 is 0. The maximum atomic E-state index is 9.27. The molecule has 0 unspecified atom stereocenters. The Morgan fingerprint density at radius 3 is 2.52 bits per heavy atom. The van der Waals surface area contributed by atoms with Crippen molar-refractivity contribution >= 4 is 0 Å². The first kappa shape index (κ1) is 16.7. The van der Waals surface area contributed by atoms with E-state index in [2.05, 4.69) is 0 Å². The molecule has 1 heterocycles. The highest BCUT2D eigenvalue weighted by atomic mass is 16.8. The molecular weight excluding hydrogens is 296 g/mol. The van der Waals surface area contributed by atoms with Crippen LogP contribution in [0.15, 0.2) is 24.3 Å². The molecule has 1 N–H and O–H groups in total. The summed E-state index contributed by atoms with van der Waals surface area (Å²) in [5.74, 6) is 0.546. The number of aliphatic hydroxyl groups excluding tert-OH is 1. The van der Waals surface area contributed by atoms with Gasteiger partial charge in [0.1, 0.15) is 11.9 Å². The molecule has 3 rings (SSSR count). The largest absolute Gasteiger partial charge is 0.497 e. The van der Waals surface area contributed by atoms with Crippen LogP contribution >= 0.6 is 0 Å². The summed E-state index contributed by atoms with van der Waals surface area (Å²) < 4.78 is 23.3. The average Bonchev–Trinajstić information content (AvgIpc) is 3.00. The van der Waals surface area contributed by atoms with Gasteiger partial charge in [0.2, 0.25) is 0 Å². The van der Waals surface area contributed by atoms with E-state index in [1.54, 1.807) is 7.11 Å². The lowest BCUT2D eigenvalue weighted by Gasteiger charge is -2.23. The fourth-order valence-electron chi connectivity index (χ4n) is 3.57. The van der Waals surface area contributed by atoms with Crippen LogP contribution in [0.25, 0.3) is 0 Å². The second-order valence-corrected chi connectivity index (χ2v) is 6.77. The molecule has 2 aliphatic rings. The van der Waals surface area contributed by atoms with Crippen molar-refractivity contribution in [1.82, 2.24) is 0 Å². The summed E-state index contributed by atoms with van der Waals surface area (Å²) in [5, 5.41) is 9.27. The molecule has 0 spiro atoms. The van der Waals surface area contributed by atoms with Crippen LogP contribution in [0.4, 0.5) is 0 Å². The van der Waals surface area contributed by atoms with Gasteiger partial charge in [-0.3, -0.25) is 0 Å². The van der Waals surface area contributed by atoms with E-state index in [0.717, 1.165) is 24.2 Å². The van der Waals surface area contributed by atoms with Gasteiger partial charge in [-0.1, -0.05) is 12.1 Å². The molecule has 4 atom stereocenters. The molecule has 0 bridgehead atoms. The topological polar surface area (TPSA) is 57.2 Å². The monoisotopic (exact) mass is 322 g/mol. The van der Waals surface area contributed by atoms with Gasteiger partial charge < -0.3 is 24.1 Å². The third-order valence-corrected chi connectivity index (χ3v) is 4.65. The first-order valence-corrected chi connectivity index (χ1v) is 8.23. The van der Waals surface area contributed by atoms with E-state index >= 15 is 0 Å². The number of ether oxygens (including phenoxy) is 4. The van der Waals surface area contributed by atoms with Gasteiger partial charge in [-0.05, 0) is 50.3 Å². The minimum atomic E-state index is -0.578. The molecule has 0 aromatic heterocycles. The number of hydrogen-bond acceptors (Lipinski definition) is 5. The Hall–Kier alpha value is -1.14. The van der Waals surface area contributed by atoms with E-state index in [9.17, 15) is 5.11 Å². The van der Waals surface area contributed by atoms with Crippen LogP contribution < -0.4 is 4.74 Å². The first-order valence-electron chi connectivity index (χ1n) is 8.23. The summed E-state index contributed by atoms with van der Waals surface area (Å²) in [6, 6.07) is 7.88. The van der Waals surface area contributed by atoms with Crippen molar-refractivity contribution in [2.24, 2.45) is 5.92 Å². The van der Waals surface area contributed by atoms with Crippen molar-refractivity contribution in [2.75, 3.05) is 13.7 Å². The zero-order chi connectivity index (χ0) is 16.4. The Balaban J connectivity index is 1.62. The Morgan fingerprint density at radius 2 is 1.87 bits per heavy atom. The quantitative estimate of drug-likeness (QED) is 0.872. The highest BCUT2D eigenvalue weighted by Gasteiger charge is 2.54. The number of aliphatic hydroxyl groups is 1. The van der Waals surface area contributed by atoms with Crippen LogP contribution in [0.1, 0.15) is 32.3 Å². The number of benzene rings is 1. The highest BCUT2D eigenvalue weighted by Crippen LogP contribution is 2.44. The minimum absolute atomic E-state index is 0.000395. The SMILES string of the molecule is COc1ccc(CO[C@H]2C[C@H](CCO)[C@H]3OC(C)(C)O[C@H]32)cc1. The van der Waals surface area contributed by atoms with Crippen molar-refractivity contribution in [1.29, 1.82) is 0 Å². The maximum absolute atomic E-state index is 9.27. The Kier molecular flexibility index (Phi) is 4.92. The Labute approximate surface area is 137 Å². The van der Waals surface area contributed by atoms with Gasteiger partial charge in [0.25, 0.3) is 0 Å². The third kappa shape index (κ3) is 3.69.